The van der Waals surface area contributed by atoms with Crippen molar-refractivity contribution in [1.29, 1.82) is 0 Å². The summed E-state index contributed by atoms with van der Waals surface area (Å²) < 4.78 is 27.9. The molecule has 6 heteroatoms. The first-order valence-corrected chi connectivity index (χ1v) is 9.21. The summed E-state index contributed by atoms with van der Waals surface area (Å²) in [7, 11) is -3.52. The van der Waals surface area contributed by atoms with E-state index in [4.69, 9.17) is 5.73 Å². The molecule has 1 aromatic carbocycles. The largest absolute Gasteiger partial charge is 0.326 e. The van der Waals surface area contributed by atoms with Gasteiger partial charge in [0, 0.05) is 17.5 Å². The van der Waals surface area contributed by atoms with Gasteiger partial charge in [-0.15, -0.1) is 11.3 Å². The van der Waals surface area contributed by atoms with Gasteiger partial charge in [0.05, 0.1) is 5.69 Å². The van der Waals surface area contributed by atoms with Gasteiger partial charge in [-0.3, -0.25) is 4.31 Å². The Balaban J connectivity index is 2.09. The van der Waals surface area contributed by atoms with E-state index in [1.54, 1.807) is 16.4 Å². The third kappa shape index (κ3) is 2.47. The van der Waals surface area contributed by atoms with Gasteiger partial charge in [-0.05, 0) is 43.5 Å². The molecule has 2 N–H and O–H groups in total. The first-order chi connectivity index (χ1) is 10.0. The molecule has 0 saturated heterocycles. The van der Waals surface area contributed by atoms with Crippen LogP contribution < -0.4 is 10.0 Å². The van der Waals surface area contributed by atoms with Crippen molar-refractivity contribution in [2.24, 2.45) is 5.73 Å². The molecular formula is C15H18N2O2S2. The van der Waals surface area contributed by atoms with Crippen LogP contribution in [0.25, 0.3) is 0 Å². The maximum atomic E-state index is 13.0. The maximum absolute atomic E-state index is 13.0. The molecule has 0 aliphatic carbocycles. The van der Waals surface area contributed by atoms with Crippen LogP contribution in [0.3, 0.4) is 0 Å². The average Bonchev–Trinajstić information content (AvgIpc) is 2.96. The number of rotatable bonds is 3. The minimum Gasteiger partial charge on any atom is -0.326 e. The van der Waals surface area contributed by atoms with Gasteiger partial charge >= 0.3 is 0 Å². The second-order valence-electron chi connectivity index (χ2n) is 5.24. The topological polar surface area (TPSA) is 63.4 Å². The zero-order chi connectivity index (χ0) is 15.0. The van der Waals surface area contributed by atoms with Crippen molar-refractivity contribution >= 4 is 27.0 Å². The highest BCUT2D eigenvalue weighted by Gasteiger charge is 2.34. The molecule has 0 radical (unpaired) electrons. The van der Waals surface area contributed by atoms with Crippen LogP contribution in [0.2, 0.25) is 0 Å². The highest BCUT2D eigenvalue weighted by atomic mass is 32.2. The molecule has 1 aromatic heterocycles. The Kier molecular flexibility index (Phi) is 3.77. The molecule has 1 aliphatic rings. The fourth-order valence-corrected chi connectivity index (χ4v) is 5.77. The van der Waals surface area contributed by atoms with E-state index < -0.39 is 10.0 Å². The maximum Gasteiger partial charge on any atom is 0.274 e. The van der Waals surface area contributed by atoms with E-state index in [-0.39, 0.29) is 6.04 Å². The fraction of sp³-hybridized carbons (Fsp3) is 0.333. The van der Waals surface area contributed by atoms with Gasteiger partial charge in [0.15, 0.2) is 0 Å². The van der Waals surface area contributed by atoms with Crippen LogP contribution >= 0.6 is 11.3 Å². The molecule has 0 saturated carbocycles. The molecule has 21 heavy (non-hydrogen) atoms. The van der Waals surface area contributed by atoms with Gasteiger partial charge in [0.1, 0.15) is 4.21 Å². The monoisotopic (exact) mass is 322 g/mol. The Morgan fingerprint density at radius 1 is 1.29 bits per heavy atom. The molecule has 0 bridgehead atoms. The van der Waals surface area contributed by atoms with Crippen molar-refractivity contribution in [3.8, 4) is 0 Å². The lowest BCUT2D eigenvalue weighted by Crippen LogP contribution is -2.41. The van der Waals surface area contributed by atoms with E-state index in [0.717, 1.165) is 29.0 Å². The summed E-state index contributed by atoms with van der Waals surface area (Å²) in [5.74, 6) is 0. The van der Waals surface area contributed by atoms with E-state index >= 15 is 0 Å². The number of nitrogens with two attached hydrogens (primary N) is 1. The summed E-state index contributed by atoms with van der Waals surface area (Å²) in [4.78, 5) is 0.881. The molecule has 112 valence electrons. The standard InChI is InChI=1S/C15H18N2O2S2/c1-11-6-7-12-4-2-3-5-14(12)17(11)21(18,19)15-9-8-13(10-16)20-15/h2-5,8-9,11H,6-7,10,16H2,1H3. The minimum absolute atomic E-state index is 0.0340. The molecule has 4 nitrogen and oxygen atoms in total. The van der Waals surface area contributed by atoms with Crippen molar-refractivity contribution < 1.29 is 8.42 Å². The third-order valence-electron chi connectivity index (χ3n) is 3.81. The van der Waals surface area contributed by atoms with Gasteiger partial charge in [-0.2, -0.15) is 0 Å². The zero-order valence-electron chi connectivity index (χ0n) is 11.8. The highest BCUT2D eigenvalue weighted by molar-refractivity contribution is 7.94. The normalized spacial score (nSPS) is 18.6. The number of nitrogens with zero attached hydrogens (tertiary/aromatic N) is 1. The summed E-state index contributed by atoms with van der Waals surface area (Å²) in [5.41, 5.74) is 7.49. The van der Waals surface area contributed by atoms with E-state index in [0.29, 0.717) is 10.8 Å². The van der Waals surface area contributed by atoms with Gasteiger partial charge in [-0.25, -0.2) is 8.42 Å². The molecule has 2 aromatic rings. The lowest BCUT2D eigenvalue weighted by molar-refractivity contribution is 0.565. The van der Waals surface area contributed by atoms with Crippen molar-refractivity contribution in [2.75, 3.05) is 4.31 Å². The van der Waals surface area contributed by atoms with Crippen LogP contribution in [0.5, 0.6) is 0 Å². The Morgan fingerprint density at radius 2 is 2.05 bits per heavy atom. The quantitative estimate of drug-likeness (QED) is 0.945. The summed E-state index contributed by atoms with van der Waals surface area (Å²) in [5, 5.41) is 0. The molecule has 0 spiro atoms. The minimum atomic E-state index is -3.52. The molecule has 1 unspecified atom stereocenters. The predicted molar refractivity (Wildman–Crippen MR) is 86.1 cm³/mol. The van der Waals surface area contributed by atoms with Crippen LogP contribution in [0.15, 0.2) is 40.6 Å². The Morgan fingerprint density at radius 3 is 2.76 bits per heavy atom. The van der Waals surface area contributed by atoms with E-state index in [2.05, 4.69) is 0 Å². The number of para-hydroxylation sites is 1. The lowest BCUT2D eigenvalue weighted by atomic mass is 9.99. The average molecular weight is 322 g/mol. The van der Waals surface area contributed by atoms with Crippen molar-refractivity contribution in [3.05, 3.63) is 46.8 Å². The van der Waals surface area contributed by atoms with Gasteiger partial charge in [0.2, 0.25) is 0 Å². The smallest absolute Gasteiger partial charge is 0.274 e. The van der Waals surface area contributed by atoms with Gasteiger partial charge in [-0.1, -0.05) is 18.2 Å². The van der Waals surface area contributed by atoms with Crippen molar-refractivity contribution in [3.63, 3.8) is 0 Å². The van der Waals surface area contributed by atoms with Crippen LogP contribution in [0.1, 0.15) is 23.8 Å². The van der Waals surface area contributed by atoms with E-state index in [9.17, 15) is 8.42 Å². The van der Waals surface area contributed by atoms with E-state index in [1.807, 2.05) is 31.2 Å². The zero-order valence-corrected chi connectivity index (χ0v) is 13.5. The van der Waals surface area contributed by atoms with Crippen LogP contribution in [-0.2, 0) is 23.0 Å². The molecule has 2 heterocycles. The molecular weight excluding hydrogens is 304 g/mol. The molecule has 1 aliphatic heterocycles. The van der Waals surface area contributed by atoms with Crippen LogP contribution in [0.4, 0.5) is 5.69 Å². The fourth-order valence-electron chi connectivity index (χ4n) is 2.73. The first kappa shape index (κ1) is 14.6. The van der Waals surface area contributed by atoms with Crippen LogP contribution in [0, 0.1) is 0 Å². The second kappa shape index (κ2) is 5.44. The first-order valence-electron chi connectivity index (χ1n) is 6.95. The van der Waals surface area contributed by atoms with Gasteiger partial charge < -0.3 is 5.73 Å². The number of thiophene rings is 1. The molecule has 1 atom stereocenters. The Labute approximate surface area is 129 Å². The number of anilines is 1. The summed E-state index contributed by atoms with van der Waals surface area (Å²) in [6.07, 6.45) is 1.76. The summed E-state index contributed by atoms with van der Waals surface area (Å²) >= 11 is 1.26. The van der Waals surface area contributed by atoms with Gasteiger partial charge in [0.25, 0.3) is 10.0 Å². The van der Waals surface area contributed by atoms with Crippen molar-refractivity contribution in [2.45, 2.75) is 36.6 Å². The highest BCUT2D eigenvalue weighted by Crippen LogP contribution is 2.36. The summed E-state index contributed by atoms with van der Waals surface area (Å²) in [6.45, 7) is 2.33. The SMILES string of the molecule is CC1CCc2ccccc2N1S(=O)(=O)c1ccc(CN)s1. The second-order valence-corrected chi connectivity index (χ2v) is 8.45. The number of fused-ring (bicyclic) bond motifs is 1. The molecule has 0 amide bonds. The molecule has 3 rings (SSSR count). The number of hydrogen-bond donors (Lipinski definition) is 1. The molecule has 0 fully saturated rings. The Bertz CT molecular complexity index is 753. The summed E-state index contributed by atoms with van der Waals surface area (Å²) in [6, 6.07) is 11.2. The number of benzene rings is 1. The third-order valence-corrected chi connectivity index (χ3v) is 7.32. The number of aryl methyl sites for hydroxylation is 1. The Hall–Kier alpha value is -1.37. The van der Waals surface area contributed by atoms with Crippen LogP contribution in [-0.4, -0.2) is 14.5 Å². The number of sulfonamides is 1. The number of hydrogen-bond acceptors (Lipinski definition) is 4. The predicted octanol–water partition coefficient (Wildman–Crippen LogP) is 2.74. The lowest BCUT2D eigenvalue weighted by Gasteiger charge is -2.35. The van der Waals surface area contributed by atoms with E-state index in [1.165, 1.54) is 11.3 Å². The van der Waals surface area contributed by atoms with Crippen molar-refractivity contribution in [1.82, 2.24) is 0 Å².